The molecule has 0 spiro atoms. The van der Waals surface area contributed by atoms with E-state index in [-0.39, 0.29) is 5.91 Å². The van der Waals surface area contributed by atoms with E-state index in [0.29, 0.717) is 22.2 Å². The molecular formula is C14H13ClN2OS2. The Morgan fingerprint density at radius 1 is 1.25 bits per heavy atom. The van der Waals surface area contributed by atoms with Crippen molar-refractivity contribution in [2.24, 2.45) is 0 Å². The monoisotopic (exact) mass is 324 g/mol. The van der Waals surface area contributed by atoms with Crippen molar-refractivity contribution < 1.29 is 4.79 Å². The lowest BCUT2D eigenvalue weighted by Gasteiger charge is -2.09. The molecule has 0 bridgehead atoms. The number of nitrogens with one attached hydrogen (secondary N) is 2. The molecule has 0 aliphatic carbocycles. The molecule has 1 aromatic heterocycles. The molecule has 1 aromatic carbocycles. The summed E-state index contributed by atoms with van der Waals surface area (Å²) >= 11 is 12.7. The Balaban J connectivity index is 1.79. The van der Waals surface area contributed by atoms with E-state index in [4.69, 9.17) is 23.8 Å². The highest BCUT2D eigenvalue weighted by Gasteiger charge is 2.10. The molecule has 0 unspecified atom stereocenters. The minimum Gasteiger partial charge on any atom is -0.362 e. The van der Waals surface area contributed by atoms with Crippen LogP contribution < -0.4 is 10.6 Å². The highest BCUT2D eigenvalue weighted by molar-refractivity contribution is 7.80. The minimum atomic E-state index is -0.302. The van der Waals surface area contributed by atoms with Gasteiger partial charge in [0.15, 0.2) is 5.11 Å². The Morgan fingerprint density at radius 3 is 2.75 bits per heavy atom. The maximum absolute atomic E-state index is 11.9. The Bertz CT molecular complexity index is 599. The predicted octanol–water partition coefficient (Wildman–Crippen LogP) is 3.25. The van der Waals surface area contributed by atoms with Gasteiger partial charge in [-0.1, -0.05) is 29.8 Å². The van der Waals surface area contributed by atoms with Gasteiger partial charge in [-0.05, 0) is 42.2 Å². The van der Waals surface area contributed by atoms with Crippen LogP contribution in [0.15, 0.2) is 41.8 Å². The van der Waals surface area contributed by atoms with Gasteiger partial charge in [0.25, 0.3) is 5.91 Å². The summed E-state index contributed by atoms with van der Waals surface area (Å²) in [7, 11) is 0. The summed E-state index contributed by atoms with van der Waals surface area (Å²) in [5.74, 6) is -0.302. The maximum atomic E-state index is 11.9. The lowest BCUT2D eigenvalue weighted by Crippen LogP contribution is -2.40. The fourth-order valence-corrected chi connectivity index (χ4v) is 2.74. The molecule has 2 rings (SSSR count). The molecule has 6 heteroatoms. The molecule has 20 heavy (non-hydrogen) atoms. The lowest BCUT2D eigenvalue weighted by atomic mass is 10.2. The van der Waals surface area contributed by atoms with Gasteiger partial charge in [-0.15, -0.1) is 11.3 Å². The summed E-state index contributed by atoms with van der Waals surface area (Å²) in [6.45, 7) is 0.683. The van der Waals surface area contributed by atoms with Crippen molar-refractivity contribution in [2.45, 2.75) is 6.42 Å². The lowest BCUT2D eigenvalue weighted by molar-refractivity contribution is 0.0977. The first-order chi connectivity index (χ1) is 9.66. The van der Waals surface area contributed by atoms with Crippen LogP contribution in [0.4, 0.5) is 0 Å². The van der Waals surface area contributed by atoms with Gasteiger partial charge in [0.2, 0.25) is 0 Å². The Labute approximate surface area is 132 Å². The molecule has 0 radical (unpaired) electrons. The second-order valence-electron chi connectivity index (χ2n) is 4.02. The molecule has 104 valence electrons. The molecule has 0 aliphatic rings. The average Bonchev–Trinajstić information content (AvgIpc) is 2.92. The van der Waals surface area contributed by atoms with Crippen molar-refractivity contribution in [3.63, 3.8) is 0 Å². The fraction of sp³-hybridized carbons (Fsp3) is 0.143. The number of hydrogen-bond donors (Lipinski definition) is 2. The van der Waals surface area contributed by atoms with E-state index in [1.165, 1.54) is 4.88 Å². The Hall–Kier alpha value is -1.43. The SMILES string of the molecule is O=C(NC(=S)NCCc1cccs1)c1ccccc1Cl. The molecule has 0 aliphatic heterocycles. The topological polar surface area (TPSA) is 41.1 Å². The molecule has 0 atom stereocenters. The van der Waals surface area contributed by atoms with E-state index < -0.39 is 0 Å². The Morgan fingerprint density at radius 2 is 2.05 bits per heavy atom. The second kappa shape index (κ2) is 7.38. The van der Waals surface area contributed by atoms with E-state index in [0.717, 1.165) is 6.42 Å². The number of hydrogen-bond acceptors (Lipinski definition) is 3. The third-order valence-electron chi connectivity index (χ3n) is 2.58. The van der Waals surface area contributed by atoms with Gasteiger partial charge in [0, 0.05) is 11.4 Å². The minimum absolute atomic E-state index is 0.302. The molecule has 0 saturated carbocycles. The van der Waals surface area contributed by atoms with Crippen LogP contribution in [0.1, 0.15) is 15.2 Å². The summed E-state index contributed by atoms with van der Waals surface area (Å²) in [5, 5.41) is 8.38. The smallest absolute Gasteiger partial charge is 0.258 e. The van der Waals surface area contributed by atoms with Crippen molar-refractivity contribution in [3.05, 3.63) is 57.2 Å². The first-order valence-electron chi connectivity index (χ1n) is 6.03. The van der Waals surface area contributed by atoms with Crippen LogP contribution in [0.3, 0.4) is 0 Å². The van der Waals surface area contributed by atoms with Crippen LogP contribution in [0.25, 0.3) is 0 Å². The van der Waals surface area contributed by atoms with Crippen LogP contribution in [-0.2, 0) is 6.42 Å². The van der Waals surface area contributed by atoms with Gasteiger partial charge >= 0.3 is 0 Å². The zero-order chi connectivity index (χ0) is 14.4. The van der Waals surface area contributed by atoms with Crippen LogP contribution in [0, 0.1) is 0 Å². The highest BCUT2D eigenvalue weighted by Crippen LogP contribution is 2.14. The number of carbonyl (C=O) groups is 1. The maximum Gasteiger partial charge on any atom is 0.258 e. The largest absolute Gasteiger partial charge is 0.362 e. The second-order valence-corrected chi connectivity index (χ2v) is 5.87. The van der Waals surface area contributed by atoms with E-state index in [1.807, 2.05) is 11.4 Å². The van der Waals surface area contributed by atoms with Crippen LogP contribution in [0.2, 0.25) is 5.02 Å². The number of halogens is 1. The van der Waals surface area contributed by atoms with Crippen LogP contribution in [-0.4, -0.2) is 17.6 Å². The molecule has 1 heterocycles. The van der Waals surface area contributed by atoms with Gasteiger partial charge in [-0.2, -0.15) is 0 Å². The fourth-order valence-electron chi connectivity index (χ4n) is 1.61. The summed E-state index contributed by atoms with van der Waals surface area (Å²) in [4.78, 5) is 13.2. The standard InChI is InChI=1S/C14H13ClN2OS2/c15-12-6-2-1-5-11(12)13(18)17-14(19)16-8-7-10-4-3-9-20-10/h1-6,9H,7-8H2,(H2,16,17,18,19). The van der Waals surface area contributed by atoms with E-state index in [2.05, 4.69) is 16.7 Å². The van der Waals surface area contributed by atoms with Crippen LogP contribution >= 0.6 is 35.2 Å². The zero-order valence-corrected chi connectivity index (χ0v) is 12.9. The molecule has 2 aromatic rings. The molecule has 1 amide bonds. The van der Waals surface area contributed by atoms with E-state index >= 15 is 0 Å². The van der Waals surface area contributed by atoms with Crippen molar-refractivity contribution in [2.75, 3.05) is 6.54 Å². The van der Waals surface area contributed by atoms with E-state index in [1.54, 1.807) is 35.6 Å². The molecular weight excluding hydrogens is 312 g/mol. The predicted molar refractivity (Wildman–Crippen MR) is 87.5 cm³/mol. The molecule has 3 nitrogen and oxygen atoms in total. The number of benzene rings is 1. The summed E-state index contributed by atoms with van der Waals surface area (Å²) in [5.41, 5.74) is 0.413. The van der Waals surface area contributed by atoms with Gasteiger partial charge < -0.3 is 5.32 Å². The van der Waals surface area contributed by atoms with Crippen molar-refractivity contribution in [3.8, 4) is 0 Å². The first-order valence-corrected chi connectivity index (χ1v) is 7.69. The van der Waals surface area contributed by atoms with E-state index in [9.17, 15) is 4.79 Å². The number of carbonyl (C=O) groups excluding carboxylic acids is 1. The summed E-state index contributed by atoms with van der Waals surface area (Å²) in [6, 6.07) is 10.9. The van der Waals surface area contributed by atoms with Gasteiger partial charge in [-0.3, -0.25) is 10.1 Å². The zero-order valence-electron chi connectivity index (χ0n) is 10.6. The van der Waals surface area contributed by atoms with Crippen molar-refractivity contribution in [1.82, 2.24) is 10.6 Å². The number of thiophene rings is 1. The summed E-state index contributed by atoms with van der Waals surface area (Å²) in [6.07, 6.45) is 0.875. The van der Waals surface area contributed by atoms with Crippen LogP contribution in [0.5, 0.6) is 0 Å². The number of thiocarbonyl (C=S) groups is 1. The number of amides is 1. The van der Waals surface area contributed by atoms with Gasteiger partial charge in [-0.25, -0.2) is 0 Å². The Kier molecular flexibility index (Phi) is 5.52. The summed E-state index contributed by atoms with van der Waals surface area (Å²) < 4.78 is 0. The van der Waals surface area contributed by atoms with Gasteiger partial charge in [0.05, 0.1) is 10.6 Å². The molecule has 0 fully saturated rings. The third kappa shape index (κ3) is 4.30. The molecule has 2 N–H and O–H groups in total. The molecule has 0 saturated heterocycles. The van der Waals surface area contributed by atoms with Gasteiger partial charge in [0.1, 0.15) is 0 Å². The normalized spacial score (nSPS) is 10.1. The average molecular weight is 325 g/mol. The number of rotatable bonds is 4. The highest BCUT2D eigenvalue weighted by atomic mass is 35.5. The quantitative estimate of drug-likeness (QED) is 0.848. The first kappa shape index (κ1) is 15.0. The van der Waals surface area contributed by atoms with Crippen molar-refractivity contribution in [1.29, 1.82) is 0 Å². The third-order valence-corrected chi connectivity index (χ3v) is 4.09. The van der Waals surface area contributed by atoms with Crippen molar-refractivity contribution >= 4 is 46.2 Å².